The predicted octanol–water partition coefficient (Wildman–Crippen LogP) is 10.8. The van der Waals surface area contributed by atoms with Gasteiger partial charge in [-0.15, -0.1) is 0 Å². The molecule has 0 spiro atoms. The van der Waals surface area contributed by atoms with Crippen LogP contribution in [-0.2, 0) is 44.7 Å². The van der Waals surface area contributed by atoms with Crippen LogP contribution in [0.25, 0.3) is 36.5 Å². The second-order valence-corrected chi connectivity index (χ2v) is 20.2. The summed E-state index contributed by atoms with van der Waals surface area (Å²) in [5.74, 6) is 0.941. The van der Waals surface area contributed by atoms with Gasteiger partial charge >= 0.3 is 0 Å². The molecule has 0 fully saturated rings. The lowest BCUT2D eigenvalue weighted by Gasteiger charge is -2.09. The van der Waals surface area contributed by atoms with Gasteiger partial charge in [-0.2, -0.15) is 0 Å². The topological polar surface area (TPSA) is 165 Å². The Bertz CT molecular complexity index is 3440. The minimum absolute atomic E-state index is 0.146. The molecule has 4 aromatic rings. The quantitative estimate of drug-likeness (QED) is 0.0774. The van der Waals surface area contributed by atoms with E-state index >= 15 is 0 Å². The SMILES string of the molecule is CCC1=C(C)C(=O)N=C1/C=c1/[nH]/c(=C\c2[nH]c(/C=C3\N=C(OCCOC4=N/C(=C\c5[nH]c(/C=c6\[nH]/c(=C/C7=NC(=O)C(C)=C7CC)c(C)c6CC)c(CC)c5C)C(CC)=C4C)C(C)=C3CC)c(C)c2CC)c(CC)c1C. The summed E-state index contributed by atoms with van der Waals surface area (Å²) in [5, 5.41) is 4.07. The van der Waals surface area contributed by atoms with Gasteiger partial charge in [0.1, 0.15) is 13.2 Å². The molecular weight excluding hydrogens is 945 g/mol. The molecule has 4 aliphatic rings. The molecule has 2 amide bonds. The third-order valence-corrected chi connectivity index (χ3v) is 16.1. The number of carbonyl (C=O) groups excluding carboxylic acids is 2. The largest absolute Gasteiger partial charge is 0.474 e. The molecule has 0 aromatic carbocycles. The van der Waals surface area contributed by atoms with E-state index in [0.717, 1.165) is 163 Å². The first-order valence-corrected chi connectivity index (χ1v) is 27.6. The standard InChI is InChI=1S/C64H78N8O4/c1-17-41-33(9)49(27-57-45(21-5)37(13)61(73)69-57)65-53(41)31-55-43(19-3)35(11)51(67-55)29-59-47(23-7)39(15)63(71-59)75-25-26-76-64-40(16)48(24-8)60(72-64)30-52-36(12)44(20-4)56(68-52)32-54-42(18-2)34(10)50(66-54)28-58-46(22-6)38(14)62(74)70-58/h27-32,65-68H,17-26H2,1-16H3/b49-27+,50-28+,53-31-,54-32-,59-29-,60-30-. The van der Waals surface area contributed by atoms with E-state index in [1.54, 1.807) is 0 Å². The molecule has 4 N–H and O–H groups in total. The van der Waals surface area contributed by atoms with Crippen LogP contribution in [0.5, 0.6) is 0 Å². The van der Waals surface area contributed by atoms with Crippen LogP contribution in [-0.4, -0.2) is 68.2 Å². The Balaban J connectivity index is 0.998. The molecular formula is C64H78N8O4. The molecule has 0 bridgehead atoms. The molecule has 0 aliphatic carbocycles. The summed E-state index contributed by atoms with van der Waals surface area (Å²) in [6.45, 7) is 34.4. The van der Waals surface area contributed by atoms with Crippen LogP contribution in [0, 0.1) is 27.7 Å². The van der Waals surface area contributed by atoms with Crippen molar-refractivity contribution >= 4 is 71.5 Å². The molecule has 12 heteroatoms. The van der Waals surface area contributed by atoms with Crippen LogP contribution in [0.1, 0.15) is 176 Å². The van der Waals surface area contributed by atoms with Crippen molar-refractivity contribution in [2.45, 2.75) is 162 Å². The fourth-order valence-electron chi connectivity index (χ4n) is 11.6. The zero-order chi connectivity index (χ0) is 54.9. The van der Waals surface area contributed by atoms with Gasteiger partial charge in [0.05, 0.1) is 22.8 Å². The summed E-state index contributed by atoms with van der Waals surface area (Å²) in [6.07, 6.45) is 19.4. The Kier molecular flexibility index (Phi) is 16.5. The number of carbonyl (C=O) groups is 2. The number of H-pyrrole nitrogens is 4. The fourth-order valence-corrected chi connectivity index (χ4v) is 11.6. The van der Waals surface area contributed by atoms with Crippen molar-refractivity contribution in [3.8, 4) is 0 Å². The van der Waals surface area contributed by atoms with Crippen LogP contribution in [0.2, 0.25) is 0 Å². The minimum atomic E-state index is -0.146. The molecule has 0 atom stereocenters. The van der Waals surface area contributed by atoms with Crippen LogP contribution in [0.15, 0.2) is 75.9 Å². The average Bonchev–Trinajstić information content (AvgIpc) is 4.27. The number of rotatable bonds is 17. The van der Waals surface area contributed by atoms with Gasteiger partial charge in [-0.25, -0.2) is 20.0 Å². The highest BCUT2D eigenvalue weighted by atomic mass is 16.5. The maximum Gasteiger partial charge on any atom is 0.273 e. The number of nitrogens with zero attached hydrogens (tertiary/aromatic N) is 4. The maximum atomic E-state index is 12.5. The third kappa shape index (κ3) is 10.2. The molecule has 76 heavy (non-hydrogen) atoms. The lowest BCUT2D eigenvalue weighted by molar-refractivity contribution is -0.114. The number of aromatic nitrogens is 4. The van der Waals surface area contributed by atoms with Gasteiger partial charge in [0.15, 0.2) is 0 Å². The Morgan fingerprint density at radius 3 is 1.04 bits per heavy atom. The lowest BCUT2D eigenvalue weighted by atomic mass is 10.0. The lowest BCUT2D eigenvalue weighted by Crippen LogP contribution is -2.14. The summed E-state index contributed by atoms with van der Waals surface area (Å²) >= 11 is 0. The first-order chi connectivity index (χ1) is 36.4. The first-order valence-electron chi connectivity index (χ1n) is 27.6. The molecule has 0 saturated heterocycles. The van der Waals surface area contributed by atoms with E-state index in [-0.39, 0.29) is 11.8 Å². The van der Waals surface area contributed by atoms with E-state index in [1.807, 2.05) is 26.0 Å². The summed E-state index contributed by atoms with van der Waals surface area (Å²) < 4.78 is 12.8. The normalized spacial score (nSPS) is 18.3. The molecule has 398 valence electrons. The summed E-state index contributed by atoms with van der Waals surface area (Å²) in [7, 11) is 0. The van der Waals surface area contributed by atoms with E-state index in [2.05, 4.69) is 151 Å². The maximum absolute atomic E-state index is 12.5. The third-order valence-electron chi connectivity index (χ3n) is 16.1. The van der Waals surface area contributed by atoms with Gasteiger partial charge < -0.3 is 29.4 Å². The molecule has 12 nitrogen and oxygen atoms in total. The van der Waals surface area contributed by atoms with Gasteiger partial charge in [-0.1, -0.05) is 55.4 Å². The van der Waals surface area contributed by atoms with Gasteiger partial charge in [0, 0.05) is 66.5 Å². The molecule has 4 aromatic heterocycles. The smallest absolute Gasteiger partial charge is 0.273 e. The van der Waals surface area contributed by atoms with Gasteiger partial charge in [-0.05, 0) is 210 Å². The molecule has 8 heterocycles. The van der Waals surface area contributed by atoms with Gasteiger partial charge in [-0.3, -0.25) is 9.59 Å². The van der Waals surface area contributed by atoms with Crippen molar-refractivity contribution in [1.29, 1.82) is 0 Å². The second-order valence-electron chi connectivity index (χ2n) is 20.2. The number of aromatic amines is 4. The van der Waals surface area contributed by atoms with Crippen molar-refractivity contribution in [2.24, 2.45) is 20.0 Å². The second kappa shape index (κ2) is 22.9. The van der Waals surface area contributed by atoms with Crippen molar-refractivity contribution < 1.29 is 19.1 Å². The van der Waals surface area contributed by atoms with Crippen LogP contribution in [0.3, 0.4) is 0 Å². The predicted molar refractivity (Wildman–Crippen MR) is 314 cm³/mol. The van der Waals surface area contributed by atoms with E-state index in [4.69, 9.17) is 19.5 Å². The van der Waals surface area contributed by atoms with Crippen molar-refractivity contribution in [3.05, 3.63) is 145 Å². The van der Waals surface area contributed by atoms with E-state index < -0.39 is 0 Å². The molecule has 0 radical (unpaired) electrons. The Morgan fingerprint density at radius 2 is 0.711 bits per heavy atom. The molecule has 0 unspecified atom stereocenters. The zero-order valence-corrected chi connectivity index (χ0v) is 48.0. The van der Waals surface area contributed by atoms with Crippen molar-refractivity contribution in [2.75, 3.05) is 13.2 Å². The number of ether oxygens (including phenoxy) is 2. The first kappa shape index (κ1) is 54.9. The average molecular weight is 1020 g/mol. The summed E-state index contributed by atoms with van der Waals surface area (Å²) in [5.41, 5.74) is 25.1. The molecule has 8 rings (SSSR count). The summed E-state index contributed by atoms with van der Waals surface area (Å²) in [4.78, 5) is 58.7. The minimum Gasteiger partial charge on any atom is -0.474 e. The number of hydrogen-bond acceptors (Lipinski definition) is 6. The molecule has 0 saturated carbocycles. The number of aliphatic imine (C=N–C) groups is 4. The van der Waals surface area contributed by atoms with Crippen molar-refractivity contribution in [3.63, 3.8) is 0 Å². The fraction of sp³-hybridized carbons (Fsp3) is 0.406. The number of allylic oxidation sites excluding steroid dienone is 4. The van der Waals surface area contributed by atoms with E-state index in [1.165, 1.54) is 44.5 Å². The number of nitrogens with one attached hydrogen (secondary N) is 4. The summed E-state index contributed by atoms with van der Waals surface area (Å²) in [6, 6.07) is 0. The van der Waals surface area contributed by atoms with Gasteiger partial charge in [0.25, 0.3) is 11.8 Å². The highest BCUT2D eigenvalue weighted by Crippen LogP contribution is 2.34. The van der Waals surface area contributed by atoms with Crippen LogP contribution >= 0.6 is 0 Å². The van der Waals surface area contributed by atoms with E-state index in [0.29, 0.717) is 25.0 Å². The van der Waals surface area contributed by atoms with Crippen LogP contribution < -0.4 is 21.4 Å². The Hall–Kier alpha value is -7.34. The molecule has 4 aliphatic heterocycles. The van der Waals surface area contributed by atoms with E-state index in [9.17, 15) is 9.59 Å². The van der Waals surface area contributed by atoms with Crippen LogP contribution in [0.4, 0.5) is 0 Å². The highest BCUT2D eigenvalue weighted by molar-refractivity contribution is 6.31. The zero-order valence-electron chi connectivity index (χ0n) is 48.0. The van der Waals surface area contributed by atoms with Gasteiger partial charge in [0.2, 0.25) is 11.8 Å². The monoisotopic (exact) mass is 1020 g/mol. The number of hydrogen-bond donors (Lipinski definition) is 4. The highest BCUT2D eigenvalue weighted by Gasteiger charge is 2.26. The Morgan fingerprint density at radius 1 is 0.355 bits per heavy atom. The number of amides is 2. The Labute approximate surface area is 448 Å². The van der Waals surface area contributed by atoms with Crippen molar-refractivity contribution in [1.82, 2.24) is 19.9 Å².